The zero-order valence-electron chi connectivity index (χ0n) is 11.1. The maximum Gasteiger partial charge on any atom is 0.244 e. The maximum absolute atomic E-state index is 12.3. The number of nitriles is 1. The Bertz CT molecular complexity index is 479. The molecule has 19 heavy (non-hydrogen) atoms. The molecule has 0 aliphatic heterocycles. The van der Waals surface area contributed by atoms with Crippen molar-refractivity contribution in [1.29, 1.82) is 5.26 Å². The third kappa shape index (κ3) is 3.81. The summed E-state index contributed by atoms with van der Waals surface area (Å²) in [4.78, 5) is 25.0. The van der Waals surface area contributed by atoms with Gasteiger partial charge in [0.2, 0.25) is 11.8 Å². The van der Waals surface area contributed by atoms with E-state index in [4.69, 9.17) is 0 Å². The lowest BCUT2D eigenvalue weighted by molar-refractivity contribution is -0.136. The van der Waals surface area contributed by atoms with Gasteiger partial charge in [0.15, 0.2) is 0 Å². The van der Waals surface area contributed by atoms with Crippen LogP contribution in [0.25, 0.3) is 0 Å². The molecule has 0 heterocycles. The molecule has 0 aliphatic carbocycles. The largest absolute Gasteiger partial charge is 0.358 e. The van der Waals surface area contributed by atoms with Gasteiger partial charge in [-0.05, 0) is 12.5 Å². The zero-order chi connectivity index (χ0) is 14.3. The number of carbonyl (C=O) groups excluding carboxylic acids is 2. The summed E-state index contributed by atoms with van der Waals surface area (Å²) in [5.41, 5.74) is 0.644. The molecule has 0 aromatic heterocycles. The van der Waals surface area contributed by atoms with Crippen LogP contribution in [0.5, 0.6) is 0 Å². The van der Waals surface area contributed by atoms with Crippen molar-refractivity contribution in [1.82, 2.24) is 10.2 Å². The van der Waals surface area contributed by atoms with E-state index in [1.807, 2.05) is 12.1 Å². The Morgan fingerprint density at radius 1 is 1.37 bits per heavy atom. The molecule has 2 amide bonds. The van der Waals surface area contributed by atoms with Crippen LogP contribution in [-0.4, -0.2) is 36.9 Å². The predicted octanol–water partition coefficient (Wildman–Crippen LogP) is 0.888. The van der Waals surface area contributed by atoms with E-state index in [1.54, 1.807) is 31.2 Å². The van der Waals surface area contributed by atoms with Crippen LogP contribution in [0.1, 0.15) is 18.4 Å². The average molecular weight is 259 g/mol. The molecular weight excluding hydrogens is 242 g/mol. The summed E-state index contributed by atoms with van der Waals surface area (Å²) in [6.07, 6.45) is 0. The molecule has 1 aromatic carbocycles. The Morgan fingerprint density at radius 2 is 2.00 bits per heavy atom. The van der Waals surface area contributed by atoms with Crippen molar-refractivity contribution < 1.29 is 9.59 Å². The molecule has 0 saturated carbocycles. The van der Waals surface area contributed by atoms with E-state index in [1.165, 1.54) is 11.9 Å². The van der Waals surface area contributed by atoms with Gasteiger partial charge in [-0.1, -0.05) is 30.3 Å². The van der Waals surface area contributed by atoms with Gasteiger partial charge in [0.1, 0.15) is 5.92 Å². The van der Waals surface area contributed by atoms with Crippen molar-refractivity contribution in [3.8, 4) is 6.07 Å². The van der Waals surface area contributed by atoms with Crippen LogP contribution in [0.15, 0.2) is 30.3 Å². The van der Waals surface area contributed by atoms with E-state index < -0.39 is 5.92 Å². The molecule has 5 heteroatoms. The third-order valence-electron chi connectivity index (χ3n) is 2.82. The monoisotopic (exact) mass is 259 g/mol. The normalized spacial score (nSPS) is 11.2. The minimum atomic E-state index is -0.870. The molecule has 1 rings (SSSR count). The first-order valence-corrected chi connectivity index (χ1v) is 6.08. The highest BCUT2D eigenvalue weighted by molar-refractivity contribution is 5.90. The molecular formula is C14H17N3O2. The number of benzene rings is 1. The molecule has 0 aliphatic rings. The summed E-state index contributed by atoms with van der Waals surface area (Å²) in [5, 5.41) is 11.7. The van der Waals surface area contributed by atoms with Crippen molar-refractivity contribution in [3.05, 3.63) is 35.9 Å². The molecule has 100 valence electrons. The summed E-state index contributed by atoms with van der Waals surface area (Å²) in [6.45, 7) is 2.13. The molecule has 0 bridgehead atoms. The number of carbonyl (C=O) groups is 2. The van der Waals surface area contributed by atoms with Gasteiger partial charge in [0.05, 0.1) is 12.6 Å². The number of amides is 2. The second-order valence-electron chi connectivity index (χ2n) is 4.00. The molecule has 0 saturated heterocycles. The second-order valence-corrected chi connectivity index (χ2v) is 4.00. The molecule has 1 atom stereocenters. The number of hydrogen-bond donors (Lipinski definition) is 1. The standard InChI is InChI=1S/C14H17N3O2/c1-3-17(10-13(18)16-2)14(19)12(9-15)11-7-5-4-6-8-11/h4-8,12H,3,10H2,1-2H3,(H,16,18). The SMILES string of the molecule is CCN(CC(=O)NC)C(=O)C(C#N)c1ccccc1. The van der Waals surface area contributed by atoms with Crippen molar-refractivity contribution in [3.63, 3.8) is 0 Å². The second kappa shape index (κ2) is 7.17. The fourth-order valence-corrected chi connectivity index (χ4v) is 1.70. The molecule has 1 aromatic rings. The van der Waals surface area contributed by atoms with Crippen molar-refractivity contribution in [2.45, 2.75) is 12.8 Å². The Hall–Kier alpha value is -2.35. The lowest BCUT2D eigenvalue weighted by atomic mass is 9.99. The van der Waals surface area contributed by atoms with E-state index in [0.29, 0.717) is 12.1 Å². The van der Waals surface area contributed by atoms with Gasteiger partial charge in [-0.15, -0.1) is 0 Å². The summed E-state index contributed by atoms with van der Waals surface area (Å²) in [5.74, 6) is -1.47. The lowest BCUT2D eigenvalue weighted by Gasteiger charge is -2.22. The van der Waals surface area contributed by atoms with Crippen LogP contribution in [0.2, 0.25) is 0 Å². The first-order valence-electron chi connectivity index (χ1n) is 6.08. The number of nitrogens with zero attached hydrogens (tertiary/aromatic N) is 2. The fourth-order valence-electron chi connectivity index (χ4n) is 1.70. The molecule has 1 N–H and O–H groups in total. The number of rotatable bonds is 5. The molecule has 0 spiro atoms. The Balaban J connectivity index is 2.89. The van der Waals surface area contributed by atoms with Crippen molar-refractivity contribution >= 4 is 11.8 Å². The highest BCUT2D eigenvalue weighted by Gasteiger charge is 2.25. The lowest BCUT2D eigenvalue weighted by Crippen LogP contribution is -2.41. The quantitative estimate of drug-likeness (QED) is 0.853. The van der Waals surface area contributed by atoms with Gasteiger partial charge >= 0.3 is 0 Å². The average Bonchev–Trinajstić information content (AvgIpc) is 2.46. The van der Waals surface area contributed by atoms with Crippen molar-refractivity contribution in [2.75, 3.05) is 20.1 Å². The van der Waals surface area contributed by atoms with E-state index in [2.05, 4.69) is 5.32 Å². The van der Waals surface area contributed by atoms with Gasteiger partial charge in [-0.3, -0.25) is 9.59 Å². The van der Waals surface area contributed by atoms with Gasteiger partial charge in [0.25, 0.3) is 0 Å². The van der Waals surface area contributed by atoms with E-state index in [9.17, 15) is 14.9 Å². The van der Waals surface area contributed by atoms with Crippen LogP contribution >= 0.6 is 0 Å². The van der Waals surface area contributed by atoms with Gasteiger partial charge in [-0.25, -0.2) is 0 Å². The minimum absolute atomic E-state index is 0.0309. The zero-order valence-corrected chi connectivity index (χ0v) is 11.1. The molecule has 0 fully saturated rings. The van der Waals surface area contributed by atoms with Crippen molar-refractivity contribution in [2.24, 2.45) is 0 Å². The Kier molecular flexibility index (Phi) is 5.55. The minimum Gasteiger partial charge on any atom is -0.358 e. The summed E-state index contributed by atoms with van der Waals surface area (Å²) in [7, 11) is 1.51. The van der Waals surface area contributed by atoms with Crippen LogP contribution < -0.4 is 5.32 Å². The van der Waals surface area contributed by atoms with E-state index >= 15 is 0 Å². The summed E-state index contributed by atoms with van der Waals surface area (Å²) < 4.78 is 0. The summed E-state index contributed by atoms with van der Waals surface area (Å²) in [6, 6.07) is 10.9. The molecule has 1 unspecified atom stereocenters. The summed E-state index contributed by atoms with van der Waals surface area (Å²) >= 11 is 0. The number of hydrogen-bond acceptors (Lipinski definition) is 3. The topological polar surface area (TPSA) is 73.2 Å². The maximum atomic E-state index is 12.3. The van der Waals surface area contributed by atoms with E-state index in [-0.39, 0.29) is 18.4 Å². The molecule has 5 nitrogen and oxygen atoms in total. The number of nitrogens with one attached hydrogen (secondary N) is 1. The first kappa shape index (κ1) is 14.7. The Morgan fingerprint density at radius 3 is 2.47 bits per heavy atom. The van der Waals surface area contributed by atoms with Crippen LogP contribution in [-0.2, 0) is 9.59 Å². The van der Waals surface area contributed by atoms with Crippen LogP contribution in [0, 0.1) is 11.3 Å². The highest BCUT2D eigenvalue weighted by Crippen LogP contribution is 2.17. The van der Waals surface area contributed by atoms with Crippen LogP contribution in [0.3, 0.4) is 0 Å². The van der Waals surface area contributed by atoms with Gasteiger partial charge in [-0.2, -0.15) is 5.26 Å². The smallest absolute Gasteiger partial charge is 0.244 e. The van der Waals surface area contributed by atoms with Gasteiger partial charge < -0.3 is 10.2 Å². The van der Waals surface area contributed by atoms with Crippen LogP contribution in [0.4, 0.5) is 0 Å². The highest BCUT2D eigenvalue weighted by atomic mass is 16.2. The van der Waals surface area contributed by atoms with Gasteiger partial charge in [0, 0.05) is 13.6 Å². The Labute approximate surface area is 112 Å². The predicted molar refractivity (Wildman–Crippen MR) is 71.1 cm³/mol. The third-order valence-corrected chi connectivity index (χ3v) is 2.82. The fraction of sp³-hybridized carbons (Fsp3) is 0.357. The molecule has 0 radical (unpaired) electrons. The van der Waals surface area contributed by atoms with E-state index in [0.717, 1.165) is 0 Å². The number of likely N-dealkylation sites (N-methyl/N-ethyl adjacent to an activating group) is 2. The first-order chi connectivity index (χ1) is 9.13.